The topological polar surface area (TPSA) is 31.4 Å². The number of hydrogen-bond donors (Lipinski definition) is 0. The first-order valence-corrected chi connectivity index (χ1v) is 4.53. The van der Waals surface area contributed by atoms with Gasteiger partial charge in [-0.2, -0.15) is 0 Å². The second-order valence-electron chi connectivity index (χ2n) is 2.96. The van der Waals surface area contributed by atoms with Gasteiger partial charge in [0.05, 0.1) is 0 Å². The van der Waals surface area contributed by atoms with E-state index >= 15 is 0 Å². The van der Waals surface area contributed by atoms with E-state index in [2.05, 4.69) is 4.98 Å². The molecule has 1 aliphatic rings. The van der Waals surface area contributed by atoms with E-state index in [9.17, 15) is 0 Å². The zero-order chi connectivity index (χ0) is 9.26. The van der Waals surface area contributed by atoms with Crippen LogP contribution < -0.4 is 0 Å². The highest BCUT2D eigenvalue weighted by Gasteiger charge is 2.26. The van der Waals surface area contributed by atoms with Crippen LogP contribution in [0, 0.1) is 0 Å². The summed E-state index contributed by atoms with van der Waals surface area (Å²) in [6.45, 7) is 1.87. The van der Waals surface area contributed by atoms with Gasteiger partial charge in [0, 0.05) is 12.6 Å². The van der Waals surface area contributed by atoms with Crippen molar-refractivity contribution in [2.45, 2.75) is 25.9 Å². The van der Waals surface area contributed by atoms with Crippen LogP contribution in [0.15, 0.2) is 18.3 Å². The Morgan fingerprint density at radius 2 is 2.23 bits per heavy atom. The molecule has 2 heterocycles. The summed E-state index contributed by atoms with van der Waals surface area (Å²) in [5.41, 5.74) is 1.07. The minimum Gasteiger partial charge on any atom is -0.324 e. The average Bonchev–Trinajstić information content (AvgIpc) is 2.06. The standard InChI is InChI=1S/C9H10ClNO2/c1-6-12-9(13-6)4-7-2-3-8(10)11-5-7/h2-3,5-6,9H,4H2,1H3. The van der Waals surface area contributed by atoms with Crippen molar-refractivity contribution in [3.63, 3.8) is 0 Å². The zero-order valence-electron chi connectivity index (χ0n) is 7.24. The third-order valence-electron chi connectivity index (χ3n) is 1.88. The Kier molecular flexibility index (Phi) is 2.49. The minimum atomic E-state index is -0.113. The van der Waals surface area contributed by atoms with E-state index in [-0.39, 0.29) is 12.6 Å². The molecule has 1 aliphatic heterocycles. The molecule has 70 valence electrons. The Balaban J connectivity index is 1.91. The normalized spacial score (nSPS) is 26.9. The number of hydrogen-bond acceptors (Lipinski definition) is 3. The third kappa shape index (κ3) is 2.18. The Bertz CT molecular complexity index is 282. The molecule has 0 aliphatic carbocycles. The quantitative estimate of drug-likeness (QED) is 0.683. The van der Waals surface area contributed by atoms with Gasteiger partial charge in [-0.25, -0.2) is 4.98 Å². The molecule has 1 aromatic heterocycles. The van der Waals surface area contributed by atoms with Crippen LogP contribution >= 0.6 is 11.6 Å². The first kappa shape index (κ1) is 8.94. The van der Waals surface area contributed by atoms with Crippen LogP contribution in [0.3, 0.4) is 0 Å². The van der Waals surface area contributed by atoms with Gasteiger partial charge in [-0.05, 0) is 18.6 Å². The van der Waals surface area contributed by atoms with Crippen LogP contribution in [0.1, 0.15) is 12.5 Å². The van der Waals surface area contributed by atoms with Crippen molar-refractivity contribution in [2.75, 3.05) is 0 Å². The molecular weight excluding hydrogens is 190 g/mol. The third-order valence-corrected chi connectivity index (χ3v) is 2.10. The maximum Gasteiger partial charge on any atom is 0.167 e. The van der Waals surface area contributed by atoms with Crippen molar-refractivity contribution >= 4 is 11.6 Å². The number of ether oxygens (including phenoxy) is 2. The molecule has 0 aromatic carbocycles. The number of nitrogens with zero attached hydrogens (tertiary/aromatic N) is 1. The van der Waals surface area contributed by atoms with Crippen molar-refractivity contribution in [2.24, 2.45) is 0 Å². The Morgan fingerprint density at radius 1 is 1.46 bits per heavy atom. The van der Waals surface area contributed by atoms with Gasteiger partial charge in [0.25, 0.3) is 0 Å². The summed E-state index contributed by atoms with van der Waals surface area (Å²) >= 11 is 5.65. The Labute approximate surface area is 81.6 Å². The predicted molar refractivity (Wildman–Crippen MR) is 48.4 cm³/mol. The van der Waals surface area contributed by atoms with Gasteiger partial charge in [-0.15, -0.1) is 0 Å². The van der Waals surface area contributed by atoms with Gasteiger partial charge in [0.2, 0.25) is 0 Å². The first-order chi connectivity index (χ1) is 6.24. The van der Waals surface area contributed by atoms with Crippen molar-refractivity contribution in [3.05, 3.63) is 29.0 Å². The monoisotopic (exact) mass is 199 g/mol. The van der Waals surface area contributed by atoms with Crippen LogP contribution in [-0.2, 0) is 15.9 Å². The van der Waals surface area contributed by atoms with Crippen molar-refractivity contribution < 1.29 is 9.47 Å². The van der Waals surface area contributed by atoms with E-state index in [1.54, 1.807) is 12.3 Å². The Hall–Kier alpha value is -0.640. The predicted octanol–water partition coefficient (Wildman–Crippen LogP) is 2.00. The highest BCUT2D eigenvalue weighted by Crippen LogP contribution is 2.19. The summed E-state index contributed by atoms with van der Waals surface area (Å²) in [5, 5.41) is 0.507. The Morgan fingerprint density at radius 3 is 2.77 bits per heavy atom. The fraction of sp³-hybridized carbons (Fsp3) is 0.444. The second-order valence-corrected chi connectivity index (χ2v) is 3.35. The van der Waals surface area contributed by atoms with Gasteiger partial charge in [-0.3, -0.25) is 0 Å². The van der Waals surface area contributed by atoms with E-state index in [1.165, 1.54) is 0 Å². The summed E-state index contributed by atoms with van der Waals surface area (Å²) < 4.78 is 10.6. The summed E-state index contributed by atoms with van der Waals surface area (Å²) in [4.78, 5) is 3.96. The number of rotatable bonds is 2. The SMILES string of the molecule is CC1OC(Cc2ccc(Cl)nc2)O1. The lowest BCUT2D eigenvalue weighted by molar-refractivity contribution is -0.374. The number of halogens is 1. The van der Waals surface area contributed by atoms with Crippen LogP contribution in [-0.4, -0.2) is 17.6 Å². The maximum absolute atomic E-state index is 5.65. The van der Waals surface area contributed by atoms with E-state index in [4.69, 9.17) is 21.1 Å². The van der Waals surface area contributed by atoms with Gasteiger partial charge >= 0.3 is 0 Å². The minimum absolute atomic E-state index is 0.0646. The summed E-state index contributed by atoms with van der Waals surface area (Å²) in [7, 11) is 0. The van der Waals surface area contributed by atoms with Crippen LogP contribution in [0.2, 0.25) is 5.15 Å². The highest BCUT2D eigenvalue weighted by atomic mass is 35.5. The lowest BCUT2D eigenvalue weighted by Gasteiger charge is -2.33. The van der Waals surface area contributed by atoms with E-state index in [0.717, 1.165) is 12.0 Å². The van der Waals surface area contributed by atoms with Crippen LogP contribution in [0.5, 0.6) is 0 Å². The summed E-state index contributed by atoms with van der Waals surface area (Å²) in [6, 6.07) is 3.68. The number of pyridine rings is 1. The van der Waals surface area contributed by atoms with Crippen molar-refractivity contribution in [3.8, 4) is 0 Å². The molecule has 0 amide bonds. The van der Waals surface area contributed by atoms with Crippen LogP contribution in [0.4, 0.5) is 0 Å². The molecule has 1 saturated heterocycles. The fourth-order valence-corrected chi connectivity index (χ4v) is 1.37. The molecule has 13 heavy (non-hydrogen) atoms. The second kappa shape index (κ2) is 3.62. The molecule has 2 rings (SSSR count). The van der Waals surface area contributed by atoms with Gasteiger partial charge < -0.3 is 9.47 Å². The van der Waals surface area contributed by atoms with E-state index < -0.39 is 0 Å². The average molecular weight is 200 g/mol. The highest BCUT2D eigenvalue weighted by molar-refractivity contribution is 6.29. The smallest absolute Gasteiger partial charge is 0.167 e. The number of aromatic nitrogens is 1. The largest absolute Gasteiger partial charge is 0.324 e. The van der Waals surface area contributed by atoms with Crippen molar-refractivity contribution in [1.29, 1.82) is 0 Å². The van der Waals surface area contributed by atoms with Gasteiger partial charge in [-0.1, -0.05) is 17.7 Å². The molecular formula is C9H10ClNO2. The molecule has 1 aromatic rings. The van der Waals surface area contributed by atoms with Gasteiger partial charge in [0.1, 0.15) is 5.15 Å². The fourth-order valence-electron chi connectivity index (χ4n) is 1.25. The van der Waals surface area contributed by atoms with E-state index in [0.29, 0.717) is 5.15 Å². The molecule has 0 N–H and O–H groups in total. The lowest BCUT2D eigenvalue weighted by Crippen LogP contribution is -2.40. The van der Waals surface area contributed by atoms with Gasteiger partial charge in [0.15, 0.2) is 12.6 Å². The molecule has 0 saturated carbocycles. The maximum atomic E-state index is 5.65. The summed E-state index contributed by atoms with van der Waals surface area (Å²) in [6.07, 6.45) is 2.29. The zero-order valence-corrected chi connectivity index (χ0v) is 7.99. The van der Waals surface area contributed by atoms with Crippen molar-refractivity contribution in [1.82, 2.24) is 4.98 Å². The van der Waals surface area contributed by atoms with Crippen LogP contribution in [0.25, 0.3) is 0 Å². The molecule has 4 heteroatoms. The molecule has 0 radical (unpaired) electrons. The van der Waals surface area contributed by atoms with E-state index in [1.807, 2.05) is 13.0 Å². The molecule has 0 bridgehead atoms. The molecule has 0 spiro atoms. The molecule has 0 unspecified atom stereocenters. The molecule has 3 nitrogen and oxygen atoms in total. The molecule has 0 atom stereocenters. The molecule has 1 fully saturated rings. The first-order valence-electron chi connectivity index (χ1n) is 4.15. The summed E-state index contributed by atoms with van der Waals surface area (Å²) in [5.74, 6) is 0. The lowest BCUT2D eigenvalue weighted by atomic mass is 10.2.